The number of anilines is 1. The maximum atomic E-state index is 12.9. The van der Waals surface area contributed by atoms with E-state index in [1.54, 1.807) is 0 Å². The summed E-state index contributed by atoms with van der Waals surface area (Å²) >= 11 is 1.51. The highest BCUT2D eigenvalue weighted by atomic mass is 32.2. The lowest BCUT2D eigenvalue weighted by molar-refractivity contribution is -0.128. The minimum absolute atomic E-state index is 0.171. The van der Waals surface area contributed by atoms with E-state index in [2.05, 4.69) is 51.9 Å². The third-order valence-corrected chi connectivity index (χ3v) is 6.55. The molecular formula is C25H24N4OS. The molecule has 3 aromatic carbocycles. The minimum Gasteiger partial charge on any atom is -0.368 e. The summed E-state index contributed by atoms with van der Waals surface area (Å²) < 4.78 is 2.14. The number of benzene rings is 3. The zero-order valence-electron chi connectivity index (χ0n) is 17.2. The second kappa shape index (κ2) is 8.86. The van der Waals surface area contributed by atoms with Gasteiger partial charge in [-0.3, -0.25) is 9.36 Å². The summed E-state index contributed by atoms with van der Waals surface area (Å²) in [4.78, 5) is 22.0. The molecule has 1 fully saturated rings. The van der Waals surface area contributed by atoms with Gasteiger partial charge < -0.3 is 9.80 Å². The van der Waals surface area contributed by atoms with Gasteiger partial charge in [0.1, 0.15) is 0 Å². The van der Waals surface area contributed by atoms with Crippen LogP contribution in [0.1, 0.15) is 0 Å². The molecule has 2 heterocycles. The molecule has 1 aromatic heterocycles. The first-order valence-electron chi connectivity index (χ1n) is 10.5. The second-order valence-electron chi connectivity index (χ2n) is 7.55. The van der Waals surface area contributed by atoms with Gasteiger partial charge in [0.2, 0.25) is 5.91 Å². The lowest BCUT2D eigenvalue weighted by Gasteiger charge is -2.36. The smallest absolute Gasteiger partial charge is 0.233 e. The molecule has 0 N–H and O–H groups in total. The predicted molar refractivity (Wildman–Crippen MR) is 127 cm³/mol. The molecule has 0 spiro atoms. The standard InChI is InChI=1S/C25H24N4OS/c30-24(28-17-15-27(16-18-28)20-9-3-1-4-10-20)19-31-25-26-22-13-7-8-14-23(22)29(25)21-11-5-2-6-12-21/h1-14H,15-19H2. The van der Waals surface area contributed by atoms with Gasteiger partial charge in [0.05, 0.1) is 16.8 Å². The number of nitrogens with zero attached hydrogens (tertiary/aromatic N) is 4. The molecule has 1 aliphatic heterocycles. The first-order valence-corrected chi connectivity index (χ1v) is 11.5. The topological polar surface area (TPSA) is 41.4 Å². The Morgan fingerprint density at radius 1 is 0.774 bits per heavy atom. The summed E-state index contributed by atoms with van der Waals surface area (Å²) in [5, 5.41) is 0.851. The molecule has 1 aliphatic rings. The molecular weight excluding hydrogens is 404 g/mol. The van der Waals surface area contributed by atoms with Crippen LogP contribution >= 0.6 is 11.8 Å². The maximum absolute atomic E-state index is 12.9. The molecule has 1 saturated heterocycles. The summed E-state index contributed by atoms with van der Waals surface area (Å²) in [6.45, 7) is 3.23. The van der Waals surface area contributed by atoms with Crippen LogP contribution in [0.25, 0.3) is 16.7 Å². The lowest BCUT2D eigenvalue weighted by atomic mass is 10.2. The van der Waals surface area contributed by atoms with E-state index in [0.29, 0.717) is 5.75 Å². The number of fused-ring (bicyclic) bond motifs is 1. The normalized spacial score (nSPS) is 14.2. The number of carbonyl (C=O) groups excluding carboxylic acids is 1. The summed E-state index contributed by atoms with van der Waals surface area (Å²) in [6.07, 6.45) is 0. The number of piperazine rings is 1. The fourth-order valence-corrected chi connectivity index (χ4v) is 4.93. The van der Waals surface area contributed by atoms with E-state index < -0.39 is 0 Å². The molecule has 4 aromatic rings. The van der Waals surface area contributed by atoms with E-state index in [0.717, 1.165) is 48.1 Å². The molecule has 0 atom stereocenters. The molecule has 1 amide bonds. The van der Waals surface area contributed by atoms with Crippen molar-refractivity contribution < 1.29 is 4.79 Å². The summed E-state index contributed by atoms with van der Waals surface area (Å²) in [7, 11) is 0. The minimum atomic E-state index is 0.171. The van der Waals surface area contributed by atoms with Crippen molar-refractivity contribution in [1.82, 2.24) is 14.5 Å². The molecule has 0 unspecified atom stereocenters. The van der Waals surface area contributed by atoms with Crippen LogP contribution in [0.3, 0.4) is 0 Å². The Hall–Kier alpha value is -3.25. The number of hydrogen-bond acceptors (Lipinski definition) is 4. The molecule has 0 saturated carbocycles. The van der Waals surface area contributed by atoms with Gasteiger partial charge in [-0.05, 0) is 36.4 Å². The Kier molecular flexibility index (Phi) is 5.63. The predicted octanol–water partition coefficient (Wildman–Crippen LogP) is 4.47. The number of amides is 1. The van der Waals surface area contributed by atoms with Crippen LogP contribution < -0.4 is 4.90 Å². The van der Waals surface area contributed by atoms with Gasteiger partial charge in [0.15, 0.2) is 5.16 Å². The molecule has 6 heteroatoms. The van der Waals surface area contributed by atoms with Crippen LogP contribution in [0.4, 0.5) is 5.69 Å². The molecule has 5 nitrogen and oxygen atoms in total. The van der Waals surface area contributed by atoms with Gasteiger partial charge >= 0.3 is 0 Å². The van der Waals surface area contributed by atoms with Crippen molar-refractivity contribution in [2.75, 3.05) is 36.8 Å². The molecule has 0 radical (unpaired) electrons. The van der Waals surface area contributed by atoms with E-state index >= 15 is 0 Å². The van der Waals surface area contributed by atoms with Crippen molar-refractivity contribution >= 4 is 34.4 Å². The second-order valence-corrected chi connectivity index (χ2v) is 8.49. The van der Waals surface area contributed by atoms with Gasteiger partial charge in [-0.15, -0.1) is 0 Å². The summed E-state index contributed by atoms with van der Waals surface area (Å²) in [6, 6.07) is 28.7. The number of thioether (sulfide) groups is 1. The number of hydrogen-bond donors (Lipinski definition) is 0. The van der Waals surface area contributed by atoms with E-state index in [4.69, 9.17) is 4.98 Å². The molecule has 31 heavy (non-hydrogen) atoms. The Balaban J connectivity index is 1.28. The third-order valence-electron chi connectivity index (χ3n) is 5.62. The quantitative estimate of drug-likeness (QED) is 0.440. The number of aromatic nitrogens is 2. The Morgan fingerprint density at radius 2 is 1.39 bits per heavy atom. The van der Waals surface area contributed by atoms with E-state index in [9.17, 15) is 4.79 Å². The van der Waals surface area contributed by atoms with Gasteiger partial charge in [0, 0.05) is 37.6 Å². The van der Waals surface area contributed by atoms with Crippen LogP contribution in [-0.2, 0) is 4.79 Å². The van der Waals surface area contributed by atoms with Crippen LogP contribution in [0.15, 0.2) is 90.1 Å². The fourth-order valence-electron chi connectivity index (χ4n) is 4.00. The Labute approximate surface area is 186 Å². The zero-order chi connectivity index (χ0) is 21.0. The SMILES string of the molecule is O=C(CSc1nc2ccccc2n1-c1ccccc1)N1CCN(c2ccccc2)CC1. The van der Waals surface area contributed by atoms with E-state index in [1.165, 1.54) is 17.4 Å². The van der Waals surface area contributed by atoms with Crippen LogP contribution in [0, 0.1) is 0 Å². The van der Waals surface area contributed by atoms with Crippen LogP contribution in [0.2, 0.25) is 0 Å². The zero-order valence-corrected chi connectivity index (χ0v) is 18.0. The van der Waals surface area contributed by atoms with Crippen molar-refractivity contribution in [3.63, 3.8) is 0 Å². The monoisotopic (exact) mass is 428 g/mol. The number of carbonyl (C=O) groups is 1. The number of para-hydroxylation sites is 4. The Bertz CT molecular complexity index is 1170. The molecule has 0 aliphatic carbocycles. The fraction of sp³-hybridized carbons (Fsp3) is 0.200. The van der Waals surface area contributed by atoms with Crippen molar-refractivity contribution in [3.8, 4) is 5.69 Å². The van der Waals surface area contributed by atoms with Crippen LogP contribution in [0.5, 0.6) is 0 Å². The van der Waals surface area contributed by atoms with Crippen molar-refractivity contribution in [1.29, 1.82) is 0 Å². The average Bonchev–Trinajstić information content (AvgIpc) is 3.22. The van der Waals surface area contributed by atoms with E-state index in [1.807, 2.05) is 47.4 Å². The van der Waals surface area contributed by atoms with Crippen molar-refractivity contribution in [2.24, 2.45) is 0 Å². The highest BCUT2D eigenvalue weighted by molar-refractivity contribution is 7.99. The summed E-state index contributed by atoms with van der Waals surface area (Å²) in [5.41, 5.74) is 4.28. The maximum Gasteiger partial charge on any atom is 0.233 e. The molecule has 0 bridgehead atoms. The lowest BCUT2D eigenvalue weighted by Crippen LogP contribution is -2.49. The number of rotatable bonds is 5. The van der Waals surface area contributed by atoms with Crippen molar-refractivity contribution in [2.45, 2.75) is 5.16 Å². The molecule has 156 valence electrons. The molecule has 5 rings (SSSR count). The number of imidazole rings is 1. The first kappa shape index (κ1) is 19.7. The van der Waals surface area contributed by atoms with Gasteiger partial charge in [-0.25, -0.2) is 4.98 Å². The van der Waals surface area contributed by atoms with E-state index in [-0.39, 0.29) is 5.91 Å². The van der Waals surface area contributed by atoms with Crippen molar-refractivity contribution in [3.05, 3.63) is 84.9 Å². The van der Waals surface area contributed by atoms with Gasteiger partial charge in [-0.1, -0.05) is 60.3 Å². The van der Waals surface area contributed by atoms with Crippen LogP contribution in [-0.4, -0.2) is 52.3 Å². The first-order chi connectivity index (χ1) is 15.3. The third kappa shape index (κ3) is 4.16. The summed E-state index contributed by atoms with van der Waals surface area (Å²) in [5.74, 6) is 0.561. The average molecular weight is 429 g/mol. The van der Waals surface area contributed by atoms with Gasteiger partial charge in [0.25, 0.3) is 0 Å². The highest BCUT2D eigenvalue weighted by Crippen LogP contribution is 2.28. The Morgan fingerprint density at radius 3 is 2.10 bits per heavy atom. The van der Waals surface area contributed by atoms with Gasteiger partial charge in [-0.2, -0.15) is 0 Å². The largest absolute Gasteiger partial charge is 0.368 e. The highest BCUT2D eigenvalue weighted by Gasteiger charge is 2.22.